The van der Waals surface area contributed by atoms with Gasteiger partial charge in [0.25, 0.3) is 0 Å². The van der Waals surface area contributed by atoms with E-state index in [1.807, 2.05) is 48.5 Å². The maximum absolute atomic E-state index is 11.5. The second kappa shape index (κ2) is 19.9. The molecular formula is C26H53BrN4O8. The Bertz CT molecular complexity index is 727. The van der Waals surface area contributed by atoms with E-state index in [0.717, 1.165) is 0 Å². The largest absolute Gasteiger partial charge is 0.465 e. The second-order valence-electron chi connectivity index (χ2n) is 11.7. The molecular weight excluding hydrogens is 576 g/mol. The Kier molecular flexibility index (Phi) is 21.1. The summed E-state index contributed by atoms with van der Waals surface area (Å²) in [6.45, 7) is 23.5. The van der Waals surface area contributed by atoms with Crippen LogP contribution in [0.25, 0.3) is 0 Å². The predicted octanol–water partition coefficient (Wildman–Crippen LogP) is 3.64. The minimum absolute atomic E-state index is 0.108. The molecule has 0 saturated carbocycles. The van der Waals surface area contributed by atoms with E-state index in [1.165, 1.54) is 0 Å². The van der Waals surface area contributed by atoms with Crippen LogP contribution < -0.4 is 21.7 Å². The fourth-order valence-electron chi connectivity index (χ4n) is 2.01. The maximum atomic E-state index is 11.5. The number of nitrogens with one attached hydrogen (secondary N) is 3. The van der Waals surface area contributed by atoms with Gasteiger partial charge in [-0.15, -0.1) is 0 Å². The summed E-state index contributed by atoms with van der Waals surface area (Å²) in [4.78, 5) is 44.0. The van der Waals surface area contributed by atoms with Crippen LogP contribution in [0.4, 0.5) is 9.59 Å². The average Bonchev–Trinajstić information content (AvgIpc) is 2.74. The Morgan fingerprint density at radius 1 is 0.692 bits per heavy atom. The fraction of sp³-hybridized carbons (Fsp3) is 0.846. The molecule has 12 nitrogen and oxygen atoms in total. The minimum atomic E-state index is -0.521. The van der Waals surface area contributed by atoms with Crippen LogP contribution in [-0.4, -0.2) is 84.6 Å². The van der Waals surface area contributed by atoms with Crippen LogP contribution in [0.5, 0.6) is 0 Å². The zero-order valence-electron chi connectivity index (χ0n) is 26.0. The Balaban J connectivity index is -0.000000558. The molecule has 0 atom stereocenters. The first kappa shape index (κ1) is 41.4. The lowest BCUT2D eigenvalue weighted by atomic mass is 10.1. The summed E-state index contributed by atoms with van der Waals surface area (Å²) in [6, 6.07) is 0. The molecule has 39 heavy (non-hydrogen) atoms. The van der Waals surface area contributed by atoms with Crippen LogP contribution in [0.15, 0.2) is 0 Å². The number of hydrogen-bond donors (Lipinski definition) is 4. The van der Waals surface area contributed by atoms with Crippen LogP contribution in [-0.2, 0) is 28.5 Å². The Morgan fingerprint density at radius 3 is 1.38 bits per heavy atom. The Labute approximate surface area is 243 Å². The summed E-state index contributed by atoms with van der Waals surface area (Å²) in [5.41, 5.74) is 3.87. The van der Waals surface area contributed by atoms with Gasteiger partial charge in [-0.3, -0.25) is 9.59 Å². The monoisotopic (exact) mass is 628 g/mol. The highest BCUT2D eigenvalue weighted by molar-refractivity contribution is 9.09. The van der Waals surface area contributed by atoms with Crippen molar-refractivity contribution in [3.63, 3.8) is 0 Å². The van der Waals surface area contributed by atoms with Gasteiger partial charge in [0.15, 0.2) is 0 Å². The Hall–Kier alpha value is -2.12. The third kappa shape index (κ3) is 35.9. The highest BCUT2D eigenvalue weighted by Crippen LogP contribution is 2.08. The molecule has 2 amide bonds. The molecule has 0 aliphatic heterocycles. The molecule has 0 spiro atoms. The van der Waals surface area contributed by atoms with Gasteiger partial charge in [0.05, 0.1) is 19.8 Å². The summed E-state index contributed by atoms with van der Waals surface area (Å²) in [5.74, 6) is -0.518. The minimum Gasteiger partial charge on any atom is -0.465 e. The zero-order valence-corrected chi connectivity index (χ0v) is 27.5. The SMILES string of the molecule is CC(C)(N)CNC(=O)OC(C)(C)C.CCOC(=O)CBr.CCOC(=O)CNC(C)(C)CNC(=O)OC(C)(C)C. The molecule has 0 saturated heterocycles. The first-order chi connectivity index (χ1) is 17.5. The van der Waals surface area contributed by atoms with Crippen molar-refractivity contribution in [3.8, 4) is 0 Å². The van der Waals surface area contributed by atoms with Crippen LogP contribution in [0, 0.1) is 0 Å². The quantitative estimate of drug-likeness (QED) is 0.159. The molecule has 0 aromatic heterocycles. The highest BCUT2D eigenvalue weighted by Gasteiger charge is 2.22. The van der Waals surface area contributed by atoms with Crippen molar-refractivity contribution in [2.24, 2.45) is 5.73 Å². The number of amides is 2. The molecule has 0 unspecified atom stereocenters. The summed E-state index contributed by atoms with van der Waals surface area (Å²) < 4.78 is 19.5. The molecule has 0 fully saturated rings. The van der Waals surface area contributed by atoms with E-state index in [2.05, 4.69) is 36.6 Å². The van der Waals surface area contributed by atoms with Gasteiger partial charge in [-0.25, -0.2) is 9.59 Å². The molecule has 0 aromatic rings. The summed E-state index contributed by atoms with van der Waals surface area (Å²) in [7, 11) is 0. The van der Waals surface area contributed by atoms with Crippen LogP contribution in [0.1, 0.15) is 83.1 Å². The molecule has 5 N–H and O–H groups in total. The van der Waals surface area contributed by atoms with Crippen molar-refractivity contribution >= 4 is 40.1 Å². The molecule has 0 heterocycles. The van der Waals surface area contributed by atoms with Crippen LogP contribution >= 0.6 is 15.9 Å². The van der Waals surface area contributed by atoms with Gasteiger partial charge in [0, 0.05) is 24.2 Å². The first-order valence-electron chi connectivity index (χ1n) is 12.8. The number of ether oxygens (including phenoxy) is 4. The van der Waals surface area contributed by atoms with E-state index in [0.29, 0.717) is 31.6 Å². The standard InChI is InChI=1S/C13H26N2O4.C9H20N2O2.C4H7BrO2/c1-7-18-10(16)8-15-13(5,6)9-14-11(17)19-12(2,3)4;1-8(2,3)13-7(12)11-6-9(4,5)10;1-2-7-4(6)3-5/h15H,7-9H2,1-6H3,(H,14,17);6,10H2,1-5H3,(H,11,12);2-3H2,1H3. The van der Waals surface area contributed by atoms with E-state index in [9.17, 15) is 19.2 Å². The normalized spacial score (nSPS) is 11.4. The van der Waals surface area contributed by atoms with E-state index >= 15 is 0 Å². The molecule has 0 aliphatic rings. The van der Waals surface area contributed by atoms with Crippen LogP contribution in [0.3, 0.4) is 0 Å². The van der Waals surface area contributed by atoms with Crippen LogP contribution in [0.2, 0.25) is 0 Å². The summed E-state index contributed by atoms with van der Waals surface area (Å²) in [6.07, 6.45) is -0.899. The lowest BCUT2D eigenvalue weighted by Gasteiger charge is -2.27. The van der Waals surface area contributed by atoms with Crippen molar-refractivity contribution in [1.82, 2.24) is 16.0 Å². The molecule has 232 valence electrons. The van der Waals surface area contributed by atoms with Crippen molar-refractivity contribution in [3.05, 3.63) is 0 Å². The summed E-state index contributed by atoms with van der Waals surface area (Å²) in [5, 5.41) is 8.56. The van der Waals surface area contributed by atoms with E-state index < -0.39 is 34.5 Å². The van der Waals surface area contributed by atoms with E-state index in [1.54, 1.807) is 34.6 Å². The fourth-order valence-corrected chi connectivity index (χ4v) is 2.17. The number of rotatable bonds is 10. The first-order valence-corrected chi connectivity index (χ1v) is 13.9. The lowest BCUT2D eigenvalue weighted by Crippen LogP contribution is -2.51. The number of alkyl halides is 1. The van der Waals surface area contributed by atoms with Crippen molar-refractivity contribution in [1.29, 1.82) is 0 Å². The van der Waals surface area contributed by atoms with Crippen molar-refractivity contribution < 1.29 is 38.1 Å². The molecule has 0 aliphatic carbocycles. The topological polar surface area (TPSA) is 167 Å². The molecule has 0 aromatic carbocycles. The number of esters is 2. The molecule has 0 bridgehead atoms. The maximum Gasteiger partial charge on any atom is 0.407 e. The van der Waals surface area contributed by atoms with E-state index in [-0.39, 0.29) is 18.5 Å². The van der Waals surface area contributed by atoms with Gasteiger partial charge < -0.3 is 40.6 Å². The highest BCUT2D eigenvalue weighted by atomic mass is 79.9. The number of alkyl carbamates (subject to hydrolysis) is 2. The molecule has 0 rings (SSSR count). The lowest BCUT2D eigenvalue weighted by molar-refractivity contribution is -0.142. The van der Waals surface area contributed by atoms with Crippen molar-refractivity contribution in [2.45, 2.75) is 105 Å². The number of hydrogen-bond acceptors (Lipinski definition) is 10. The van der Waals surface area contributed by atoms with E-state index in [4.69, 9.17) is 19.9 Å². The van der Waals surface area contributed by atoms with Gasteiger partial charge >= 0.3 is 24.1 Å². The number of carbonyl (C=O) groups excluding carboxylic acids is 4. The number of carbonyl (C=O) groups is 4. The number of halogens is 1. The summed E-state index contributed by atoms with van der Waals surface area (Å²) >= 11 is 2.94. The van der Waals surface area contributed by atoms with Gasteiger partial charge in [-0.1, -0.05) is 15.9 Å². The van der Waals surface area contributed by atoms with Gasteiger partial charge in [-0.05, 0) is 83.1 Å². The smallest absolute Gasteiger partial charge is 0.407 e. The Morgan fingerprint density at radius 2 is 1.08 bits per heavy atom. The second-order valence-corrected chi connectivity index (χ2v) is 12.2. The number of nitrogens with two attached hydrogens (primary N) is 1. The van der Waals surface area contributed by atoms with Crippen molar-refractivity contribution in [2.75, 3.05) is 38.2 Å². The van der Waals surface area contributed by atoms with Gasteiger partial charge in [0.2, 0.25) is 0 Å². The predicted molar refractivity (Wildman–Crippen MR) is 156 cm³/mol. The molecule has 13 heteroatoms. The van der Waals surface area contributed by atoms with Gasteiger partial charge in [-0.2, -0.15) is 0 Å². The third-order valence-corrected chi connectivity index (χ3v) is 4.05. The zero-order chi connectivity index (χ0) is 31.5. The van der Waals surface area contributed by atoms with Gasteiger partial charge in [0.1, 0.15) is 16.5 Å². The molecule has 0 radical (unpaired) electrons. The third-order valence-electron chi connectivity index (χ3n) is 3.59. The average molecular weight is 630 g/mol.